The Kier molecular flexibility index (Phi) is 7.57. The van der Waals surface area contributed by atoms with Gasteiger partial charge in [-0.2, -0.15) is 0 Å². The van der Waals surface area contributed by atoms with Gasteiger partial charge in [-0.05, 0) is 42.8 Å². The molecule has 0 aliphatic heterocycles. The molecule has 1 atom stereocenters. The van der Waals surface area contributed by atoms with Crippen LogP contribution in [0.4, 0.5) is 0 Å². The molecule has 1 heterocycles. The first kappa shape index (κ1) is 24.2. The van der Waals surface area contributed by atoms with E-state index in [1.807, 2.05) is 61.5 Å². The molecule has 0 saturated heterocycles. The topological polar surface area (TPSA) is 73.7 Å². The Hall–Kier alpha value is -3.97. The second-order valence-electron chi connectivity index (χ2n) is 8.08. The lowest BCUT2D eigenvalue weighted by atomic mass is 10.1. The fraction of sp³-hybridized carbons (Fsp3) is 0.250. The minimum Gasteiger partial charge on any atom is -0.495 e. The minimum atomic E-state index is -0.486. The molecule has 0 bridgehead atoms. The van der Waals surface area contributed by atoms with E-state index in [0.29, 0.717) is 53.3 Å². The third-order valence-electron chi connectivity index (χ3n) is 6.01. The summed E-state index contributed by atoms with van der Waals surface area (Å²) in [6.45, 7) is 2.68. The van der Waals surface area contributed by atoms with Gasteiger partial charge < -0.3 is 14.4 Å². The first-order chi connectivity index (χ1) is 17.1. The number of ether oxygens (including phenoxy) is 2. The molecule has 4 aromatic rings. The van der Waals surface area contributed by atoms with Crippen LogP contribution in [-0.4, -0.2) is 47.7 Å². The molecule has 0 aliphatic rings. The van der Waals surface area contributed by atoms with Gasteiger partial charge in [0.2, 0.25) is 0 Å². The van der Waals surface area contributed by atoms with Crippen LogP contribution in [0.2, 0.25) is 0 Å². The molecular formula is C28H29N3O4. The van der Waals surface area contributed by atoms with Crippen LogP contribution in [0.15, 0.2) is 83.7 Å². The summed E-state index contributed by atoms with van der Waals surface area (Å²) in [4.78, 5) is 34.2. The van der Waals surface area contributed by atoms with Crippen LogP contribution >= 0.6 is 0 Å². The van der Waals surface area contributed by atoms with Gasteiger partial charge >= 0.3 is 0 Å². The standard InChI is InChI=1S/C28H29N3O4/c1-4-23(30(18-19-34-2)27(32)20-12-6-5-7-13-20)26-29-22-15-9-8-14-21(22)28(33)31(26)24-16-10-11-17-25(24)35-3/h5-17,23H,4,18-19H2,1-3H3. The van der Waals surface area contributed by atoms with E-state index in [1.54, 1.807) is 48.0 Å². The van der Waals surface area contributed by atoms with Gasteiger partial charge in [-0.15, -0.1) is 0 Å². The van der Waals surface area contributed by atoms with Gasteiger partial charge in [-0.3, -0.25) is 14.2 Å². The molecule has 0 aliphatic carbocycles. The number of aromatic nitrogens is 2. The summed E-state index contributed by atoms with van der Waals surface area (Å²) >= 11 is 0. The number of amides is 1. The molecule has 0 N–H and O–H groups in total. The summed E-state index contributed by atoms with van der Waals surface area (Å²) in [7, 11) is 3.17. The van der Waals surface area contributed by atoms with Crippen LogP contribution in [0.1, 0.15) is 35.6 Å². The van der Waals surface area contributed by atoms with Crippen molar-refractivity contribution in [2.45, 2.75) is 19.4 Å². The molecule has 0 radical (unpaired) electrons. The van der Waals surface area contributed by atoms with Gasteiger partial charge in [0.25, 0.3) is 11.5 Å². The fourth-order valence-corrected chi connectivity index (χ4v) is 4.30. The first-order valence-electron chi connectivity index (χ1n) is 11.6. The smallest absolute Gasteiger partial charge is 0.266 e. The zero-order valence-electron chi connectivity index (χ0n) is 20.2. The minimum absolute atomic E-state index is 0.150. The Morgan fingerprint density at radius 2 is 1.66 bits per heavy atom. The summed E-state index contributed by atoms with van der Waals surface area (Å²) in [5, 5.41) is 0.495. The molecule has 1 amide bonds. The molecule has 1 unspecified atom stereocenters. The molecule has 0 spiro atoms. The molecular weight excluding hydrogens is 442 g/mol. The molecule has 35 heavy (non-hydrogen) atoms. The number of hydrogen-bond acceptors (Lipinski definition) is 5. The maximum Gasteiger partial charge on any atom is 0.266 e. The molecule has 1 aromatic heterocycles. The second-order valence-corrected chi connectivity index (χ2v) is 8.08. The highest BCUT2D eigenvalue weighted by molar-refractivity contribution is 5.94. The van der Waals surface area contributed by atoms with Crippen LogP contribution in [0.25, 0.3) is 16.6 Å². The number of carbonyl (C=O) groups excluding carboxylic acids is 1. The van der Waals surface area contributed by atoms with Gasteiger partial charge in [0.05, 0.1) is 36.3 Å². The highest BCUT2D eigenvalue weighted by Gasteiger charge is 2.30. The van der Waals surface area contributed by atoms with Gasteiger partial charge in [-0.1, -0.05) is 49.4 Å². The SMILES string of the molecule is CCC(c1nc2ccccc2c(=O)n1-c1ccccc1OC)N(CCOC)C(=O)c1ccccc1. The highest BCUT2D eigenvalue weighted by atomic mass is 16.5. The lowest BCUT2D eigenvalue weighted by Gasteiger charge is -2.32. The number of methoxy groups -OCH3 is 2. The quantitative estimate of drug-likeness (QED) is 0.356. The van der Waals surface area contributed by atoms with Crippen LogP contribution in [-0.2, 0) is 4.74 Å². The van der Waals surface area contributed by atoms with Crippen molar-refractivity contribution in [2.24, 2.45) is 0 Å². The van der Waals surface area contributed by atoms with Crippen molar-refractivity contribution in [2.75, 3.05) is 27.4 Å². The Balaban J connectivity index is 1.97. The Morgan fingerprint density at radius 1 is 0.971 bits per heavy atom. The molecule has 0 fully saturated rings. The third-order valence-corrected chi connectivity index (χ3v) is 6.01. The maximum absolute atomic E-state index is 13.9. The van der Waals surface area contributed by atoms with E-state index in [9.17, 15) is 9.59 Å². The fourth-order valence-electron chi connectivity index (χ4n) is 4.30. The second kappa shape index (κ2) is 11.0. The van der Waals surface area contributed by atoms with Crippen molar-refractivity contribution in [3.63, 3.8) is 0 Å². The summed E-state index contributed by atoms with van der Waals surface area (Å²) in [5.74, 6) is 0.866. The summed E-state index contributed by atoms with van der Waals surface area (Å²) < 4.78 is 12.5. The van der Waals surface area contributed by atoms with Gasteiger partial charge in [-0.25, -0.2) is 4.98 Å². The van der Waals surface area contributed by atoms with Crippen molar-refractivity contribution in [1.82, 2.24) is 14.5 Å². The van der Waals surface area contributed by atoms with E-state index in [1.165, 1.54) is 0 Å². The number of para-hydroxylation sites is 3. The average molecular weight is 472 g/mol. The molecule has 0 saturated carbocycles. The van der Waals surface area contributed by atoms with E-state index in [4.69, 9.17) is 14.5 Å². The zero-order valence-corrected chi connectivity index (χ0v) is 20.2. The summed E-state index contributed by atoms with van der Waals surface area (Å²) in [6.07, 6.45) is 0.544. The first-order valence-corrected chi connectivity index (χ1v) is 11.6. The van der Waals surface area contributed by atoms with Crippen molar-refractivity contribution in [3.05, 3.63) is 101 Å². The Morgan fingerprint density at radius 3 is 2.37 bits per heavy atom. The number of hydrogen-bond donors (Lipinski definition) is 0. The molecule has 4 rings (SSSR count). The van der Waals surface area contributed by atoms with Crippen LogP contribution in [0.5, 0.6) is 5.75 Å². The van der Waals surface area contributed by atoms with E-state index < -0.39 is 6.04 Å². The van der Waals surface area contributed by atoms with Crippen molar-refractivity contribution in [3.8, 4) is 11.4 Å². The van der Waals surface area contributed by atoms with E-state index in [0.717, 1.165) is 0 Å². The monoisotopic (exact) mass is 471 g/mol. The lowest BCUT2D eigenvalue weighted by molar-refractivity contribution is 0.0579. The zero-order chi connectivity index (χ0) is 24.8. The number of nitrogens with zero attached hydrogens (tertiary/aromatic N) is 3. The number of carbonyl (C=O) groups is 1. The number of benzene rings is 3. The predicted octanol–water partition coefficient (Wildman–Crippen LogP) is 4.63. The third kappa shape index (κ3) is 4.81. The van der Waals surface area contributed by atoms with Crippen molar-refractivity contribution < 1.29 is 14.3 Å². The number of fused-ring (bicyclic) bond motifs is 1. The molecule has 3 aromatic carbocycles. The van der Waals surface area contributed by atoms with Crippen LogP contribution < -0.4 is 10.3 Å². The van der Waals surface area contributed by atoms with E-state index in [-0.39, 0.29) is 11.5 Å². The normalized spacial score (nSPS) is 11.9. The maximum atomic E-state index is 13.9. The molecule has 7 heteroatoms. The van der Waals surface area contributed by atoms with Gasteiger partial charge in [0.1, 0.15) is 11.6 Å². The molecule has 180 valence electrons. The van der Waals surface area contributed by atoms with Crippen LogP contribution in [0.3, 0.4) is 0 Å². The van der Waals surface area contributed by atoms with Gasteiger partial charge in [0.15, 0.2) is 0 Å². The predicted molar refractivity (Wildman–Crippen MR) is 136 cm³/mol. The van der Waals surface area contributed by atoms with E-state index in [2.05, 4.69) is 0 Å². The molecule has 7 nitrogen and oxygen atoms in total. The Bertz CT molecular complexity index is 1370. The van der Waals surface area contributed by atoms with Crippen molar-refractivity contribution in [1.29, 1.82) is 0 Å². The average Bonchev–Trinajstić information content (AvgIpc) is 2.91. The largest absolute Gasteiger partial charge is 0.495 e. The van der Waals surface area contributed by atoms with Gasteiger partial charge in [0, 0.05) is 19.2 Å². The number of rotatable bonds is 9. The van der Waals surface area contributed by atoms with Crippen molar-refractivity contribution >= 4 is 16.8 Å². The van der Waals surface area contributed by atoms with Crippen LogP contribution in [0, 0.1) is 0 Å². The lowest BCUT2D eigenvalue weighted by Crippen LogP contribution is -2.40. The Labute approximate surface area is 204 Å². The summed E-state index contributed by atoms with van der Waals surface area (Å²) in [5.41, 5.74) is 1.50. The summed E-state index contributed by atoms with van der Waals surface area (Å²) in [6, 6.07) is 23.2. The highest BCUT2D eigenvalue weighted by Crippen LogP contribution is 2.30. The van der Waals surface area contributed by atoms with E-state index >= 15 is 0 Å².